The molecule has 3 aromatic heterocycles. The van der Waals surface area contributed by atoms with E-state index in [9.17, 15) is 0 Å². The zero-order chi connectivity index (χ0) is 21.7. The Morgan fingerprint density at radius 1 is 1.06 bits per heavy atom. The summed E-state index contributed by atoms with van der Waals surface area (Å²) in [6.45, 7) is 1.98. The van der Waals surface area contributed by atoms with E-state index in [1.54, 1.807) is 7.11 Å². The first kappa shape index (κ1) is 18.9. The van der Waals surface area contributed by atoms with Crippen LogP contribution in [-0.2, 0) is 13.0 Å². The van der Waals surface area contributed by atoms with Crippen molar-refractivity contribution in [2.45, 2.75) is 13.0 Å². The highest BCUT2D eigenvalue weighted by atomic mass is 16.5. The third kappa shape index (κ3) is 3.09. The molecule has 0 atom stereocenters. The highest BCUT2D eigenvalue weighted by Crippen LogP contribution is 2.34. The number of aromatic amines is 1. The van der Waals surface area contributed by atoms with Gasteiger partial charge in [-0.1, -0.05) is 18.2 Å². The lowest BCUT2D eigenvalue weighted by Gasteiger charge is -2.26. The number of aromatic nitrogens is 4. The minimum absolute atomic E-state index is 0.523. The number of likely N-dealkylation sites (N-methyl/N-ethyl adjacent to an activating group) is 1. The predicted molar refractivity (Wildman–Crippen MR) is 127 cm³/mol. The topological polar surface area (TPSA) is 71.0 Å². The molecule has 0 bridgehead atoms. The minimum atomic E-state index is 0.523. The van der Waals surface area contributed by atoms with Crippen LogP contribution in [0.15, 0.2) is 60.9 Å². The van der Waals surface area contributed by atoms with Gasteiger partial charge in [-0.25, -0.2) is 0 Å². The molecule has 7 heteroatoms. The Hall–Kier alpha value is -3.84. The molecule has 1 aliphatic rings. The van der Waals surface area contributed by atoms with Gasteiger partial charge in [0.05, 0.1) is 23.7 Å². The number of H-pyrrole nitrogens is 1. The second kappa shape index (κ2) is 7.39. The average Bonchev–Trinajstić information content (AvgIpc) is 3.45. The van der Waals surface area contributed by atoms with Crippen molar-refractivity contribution in [3.63, 3.8) is 0 Å². The number of hydrogen-bond donors (Lipinski definition) is 2. The number of para-hydroxylation sites is 1. The molecular formula is C25H24N6O. The lowest BCUT2D eigenvalue weighted by Crippen LogP contribution is -2.26. The van der Waals surface area contributed by atoms with Gasteiger partial charge < -0.3 is 24.5 Å². The molecule has 1 aliphatic heterocycles. The fourth-order valence-corrected chi connectivity index (χ4v) is 4.55. The fourth-order valence-electron chi connectivity index (χ4n) is 4.55. The highest BCUT2D eigenvalue weighted by Gasteiger charge is 2.18. The van der Waals surface area contributed by atoms with Crippen LogP contribution in [0.3, 0.4) is 0 Å². The number of benzene rings is 2. The Kier molecular flexibility index (Phi) is 4.36. The molecule has 0 saturated carbocycles. The van der Waals surface area contributed by atoms with E-state index in [-0.39, 0.29) is 0 Å². The summed E-state index contributed by atoms with van der Waals surface area (Å²) in [5.41, 5.74) is 5.40. The first-order valence-electron chi connectivity index (χ1n) is 10.8. The lowest BCUT2D eigenvalue weighted by molar-refractivity contribution is 0.312. The molecule has 0 radical (unpaired) electrons. The van der Waals surface area contributed by atoms with Crippen LogP contribution in [0.4, 0.5) is 11.6 Å². The number of anilines is 2. The quantitative estimate of drug-likeness (QED) is 0.440. The van der Waals surface area contributed by atoms with Gasteiger partial charge >= 0.3 is 0 Å². The summed E-state index contributed by atoms with van der Waals surface area (Å²) in [6, 6.07) is 16.7. The largest absolute Gasteiger partial charge is 0.495 e. The molecule has 0 saturated heterocycles. The first-order chi connectivity index (χ1) is 15.7. The molecule has 32 heavy (non-hydrogen) atoms. The van der Waals surface area contributed by atoms with E-state index in [1.165, 1.54) is 16.5 Å². The van der Waals surface area contributed by atoms with Crippen molar-refractivity contribution in [1.82, 2.24) is 24.4 Å². The Bertz CT molecular complexity index is 1450. The van der Waals surface area contributed by atoms with E-state index in [1.807, 2.05) is 24.4 Å². The van der Waals surface area contributed by atoms with Crippen LogP contribution in [0.1, 0.15) is 11.1 Å². The van der Waals surface area contributed by atoms with Crippen LogP contribution in [0.2, 0.25) is 0 Å². The summed E-state index contributed by atoms with van der Waals surface area (Å²) in [7, 11) is 3.85. The fraction of sp³-hybridized carbons (Fsp3) is 0.200. The van der Waals surface area contributed by atoms with Crippen LogP contribution >= 0.6 is 0 Å². The van der Waals surface area contributed by atoms with Crippen LogP contribution < -0.4 is 10.1 Å². The molecule has 6 rings (SSSR count). The van der Waals surface area contributed by atoms with Crippen molar-refractivity contribution in [2.75, 3.05) is 26.0 Å². The Morgan fingerprint density at radius 3 is 2.88 bits per heavy atom. The van der Waals surface area contributed by atoms with Crippen molar-refractivity contribution in [3.8, 4) is 11.6 Å². The van der Waals surface area contributed by atoms with Crippen molar-refractivity contribution < 1.29 is 4.74 Å². The summed E-state index contributed by atoms with van der Waals surface area (Å²) < 4.78 is 7.81. The number of nitrogens with one attached hydrogen (secondary N) is 2. The SMILES string of the molecule is COc1cc2c(cc1Nc1nc(-n3ccc4ccccc43)c3cc[nH]c3n1)CN(C)CC2. The van der Waals surface area contributed by atoms with Crippen molar-refractivity contribution in [2.24, 2.45) is 0 Å². The van der Waals surface area contributed by atoms with Gasteiger partial charge in [0, 0.05) is 25.5 Å². The van der Waals surface area contributed by atoms with E-state index in [4.69, 9.17) is 14.7 Å². The molecule has 0 spiro atoms. The van der Waals surface area contributed by atoms with Gasteiger partial charge in [0.2, 0.25) is 5.95 Å². The van der Waals surface area contributed by atoms with E-state index in [0.717, 1.165) is 53.3 Å². The van der Waals surface area contributed by atoms with Crippen LogP contribution in [0.25, 0.3) is 27.8 Å². The first-order valence-corrected chi connectivity index (χ1v) is 10.8. The predicted octanol–water partition coefficient (Wildman–Crippen LogP) is 4.64. The molecule has 7 nitrogen and oxygen atoms in total. The summed E-state index contributed by atoms with van der Waals surface area (Å²) >= 11 is 0. The van der Waals surface area contributed by atoms with Gasteiger partial charge in [-0.3, -0.25) is 0 Å². The number of nitrogens with zero attached hydrogens (tertiary/aromatic N) is 4. The third-order valence-electron chi connectivity index (χ3n) is 6.19. The maximum absolute atomic E-state index is 5.70. The molecule has 160 valence electrons. The molecule has 0 amide bonds. The molecule has 0 fully saturated rings. The van der Waals surface area contributed by atoms with Gasteiger partial charge in [-0.2, -0.15) is 9.97 Å². The molecule has 4 heterocycles. The molecule has 0 unspecified atom stereocenters. The zero-order valence-electron chi connectivity index (χ0n) is 18.1. The van der Waals surface area contributed by atoms with E-state index >= 15 is 0 Å². The van der Waals surface area contributed by atoms with E-state index in [0.29, 0.717) is 5.95 Å². The molecule has 0 aliphatic carbocycles. The molecule has 2 N–H and O–H groups in total. The van der Waals surface area contributed by atoms with Crippen molar-refractivity contribution >= 4 is 33.6 Å². The zero-order valence-corrected chi connectivity index (χ0v) is 18.1. The van der Waals surface area contributed by atoms with Gasteiger partial charge in [0.25, 0.3) is 0 Å². The van der Waals surface area contributed by atoms with E-state index < -0.39 is 0 Å². The lowest BCUT2D eigenvalue weighted by atomic mass is 9.99. The van der Waals surface area contributed by atoms with Crippen LogP contribution in [0, 0.1) is 0 Å². The molecular weight excluding hydrogens is 400 g/mol. The second-order valence-electron chi connectivity index (χ2n) is 8.29. The Balaban J connectivity index is 1.47. The maximum atomic E-state index is 5.70. The number of fused-ring (bicyclic) bond motifs is 3. The number of ether oxygens (including phenoxy) is 1. The van der Waals surface area contributed by atoms with Crippen molar-refractivity contribution in [3.05, 3.63) is 72.1 Å². The third-order valence-corrected chi connectivity index (χ3v) is 6.19. The number of hydrogen-bond acceptors (Lipinski definition) is 5. The van der Waals surface area contributed by atoms with Gasteiger partial charge in [-0.05, 0) is 60.3 Å². The van der Waals surface area contributed by atoms with Gasteiger partial charge in [-0.15, -0.1) is 0 Å². The monoisotopic (exact) mass is 424 g/mol. The van der Waals surface area contributed by atoms with Crippen LogP contribution in [-0.4, -0.2) is 45.1 Å². The summed E-state index contributed by atoms with van der Waals surface area (Å²) in [5.74, 6) is 2.16. The Morgan fingerprint density at radius 2 is 1.97 bits per heavy atom. The van der Waals surface area contributed by atoms with E-state index in [2.05, 4.69) is 63.3 Å². The van der Waals surface area contributed by atoms with Gasteiger partial charge in [0.15, 0.2) is 5.82 Å². The molecule has 5 aromatic rings. The summed E-state index contributed by atoms with van der Waals surface area (Å²) in [4.78, 5) is 15.2. The standard InChI is InChI=1S/C25H24N6O/c1-30-11-8-17-14-22(32-2)20(13-18(17)15-30)27-25-28-23-19(7-10-26-23)24(29-25)31-12-9-16-5-3-4-6-21(16)31/h3-7,9-10,12-14H,8,11,15H2,1-2H3,(H2,26,27,28,29). The summed E-state index contributed by atoms with van der Waals surface area (Å²) in [5, 5.41) is 5.56. The summed E-state index contributed by atoms with van der Waals surface area (Å²) in [6.07, 6.45) is 4.98. The second-order valence-corrected chi connectivity index (χ2v) is 8.29. The molecule has 2 aromatic carbocycles. The maximum Gasteiger partial charge on any atom is 0.231 e. The average molecular weight is 425 g/mol. The van der Waals surface area contributed by atoms with Crippen molar-refractivity contribution in [1.29, 1.82) is 0 Å². The van der Waals surface area contributed by atoms with Gasteiger partial charge in [0.1, 0.15) is 11.4 Å². The Labute approximate surface area is 185 Å². The minimum Gasteiger partial charge on any atom is -0.495 e. The number of methoxy groups -OCH3 is 1. The van der Waals surface area contributed by atoms with Crippen LogP contribution in [0.5, 0.6) is 5.75 Å². The normalized spacial score (nSPS) is 14.1. The number of rotatable bonds is 4. The smallest absolute Gasteiger partial charge is 0.231 e. The highest BCUT2D eigenvalue weighted by molar-refractivity contribution is 5.89.